The van der Waals surface area contributed by atoms with E-state index in [0.717, 1.165) is 12.7 Å². The topological polar surface area (TPSA) is 43.1 Å². The van der Waals surface area contributed by atoms with E-state index in [4.69, 9.17) is 4.42 Å². The van der Waals surface area contributed by atoms with Gasteiger partial charge in [-0.15, -0.1) is 0 Å². The van der Waals surface area contributed by atoms with Crippen molar-refractivity contribution in [3.8, 4) is 0 Å². The maximum absolute atomic E-state index is 10.5. The average molecular weight is 167 g/mol. The van der Waals surface area contributed by atoms with Crippen molar-refractivity contribution in [2.45, 2.75) is 32.6 Å². The van der Waals surface area contributed by atoms with Gasteiger partial charge in [-0.3, -0.25) is 4.79 Å². The van der Waals surface area contributed by atoms with Gasteiger partial charge in [0, 0.05) is 5.41 Å². The van der Waals surface area contributed by atoms with Crippen LogP contribution in [-0.4, -0.2) is 11.3 Å². The van der Waals surface area contributed by atoms with E-state index in [1.807, 2.05) is 13.8 Å². The molecule has 0 atom stereocenters. The van der Waals surface area contributed by atoms with E-state index in [2.05, 4.69) is 11.9 Å². The molecule has 66 valence electrons. The van der Waals surface area contributed by atoms with Crippen molar-refractivity contribution in [1.29, 1.82) is 0 Å². The van der Waals surface area contributed by atoms with Gasteiger partial charge >= 0.3 is 0 Å². The predicted molar refractivity (Wildman–Crippen MR) is 45.2 cm³/mol. The lowest BCUT2D eigenvalue weighted by Crippen LogP contribution is -2.16. The third-order valence-corrected chi connectivity index (χ3v) is 2.21. The van der Waals surface area contributed by atoms with Crippen molar-refractivity contribution in [2.24, 2.45) is 0 Å². The Hall–Kier alpha value is -1.12. The molecule has 12 heavy (non-hydrogen) atoms. The van der Waals surface area contributed by atoms with E-state index in [0.29, 0.717) is 11.5 Å². The largest absolute Gasteiger partial charge is 0.447 e. The van der Waals surface area contributed by atoms with Gasteiger partial charge in [0.1, 0.15) is 11.5 Å². The summed E-state index contributed by atoms with van der Waals surface area (Å²) in [5, 5.41) is 0. The summed E-state index contributed by atoms with van der Waals surface area (Å²) in [6.45, 7) is 6.11. The molecule has 0 amide bonds. The van der Waals surface area contributed by atoms with Crippen molar-refractivity contribution in [3.63, 3.8) is 0 Å². The molecule has 0 saturated heterocycles. The van der Waals surface area contributed by atoms with Crippen molar-refractivity contribution in [2.75, 3.05) is 0 Å². The van der Waals surface area contributed by atoms with Crippen molar-refractivity contribution in [3.05, 3.63) is 17.8 Å². The second-order valence-corrected chi connectivity index (χ2v) is 3.42. The number of rotatable bonds is 3. The SMILES string of the molecule is CCC(C)(C)c1ocnc1C=O. The molecule has 3 heteroatoms. The summed E-state index contributed by atoms with van der Waals surface area (Å²) in [6.07, 6.45) is 2.97. The minimum absolute atomic E-state index is 0.104. The molecule has 0 aliphatic rings. The fourth-order valence-electron chi connectivity index (χ4n) is 1.01. The van der Waals surface area contributed by atoms with E-state index in [1.54, 1.807) is 0 Å². The number of oxazole rings is 1. The lowest BCUT2D eigenvalue weighted by molar-refractivity contribution is 0.111. The van der Waals surface area contributed by atoms with Crippen LogP contribution < -0.4 is 0 Å². The number of nitrogens with zero attached hydrogens (tertiary/aromatic N) is 1. The van der Waals surface area contributed by atoms with Crippen LogP contribution in [0.15, 0.2) is 10.8 Å². The van der Waals surface area contributed by atoms with Crippen molar-refractivity contribution < 1.29 is 9.21 Å². The first kappa shape index (κ1) is 8.97. The van der Waals surface area contributed by atoms with Gasteiger partial charge < -0.3 is 4.42 Å². The number of aromatic nitrogens is 1. The zero-order valence-electron chi connectivity index (χ0n) is 7.63. The van der Waals surface area contributed by atoms with Crippen molar-refractivity contribution in [1.82, 2.24) is 4.98 Å². The molecule has 0 aliphatic carbocycles. The van der Waals surface area contributed by atoms with Crippen LogP contribution in [0.2, 0.25) is 0 Å². The van der Waals surface area contributed by atoms with Crippen LogP contribution in [0.1, 0.15) is 43.4 Å². The Balaban J connectivity index is 3.08. The molecule has 3 nitrogen and oxygen atoms in total. The highest BCUT2D eigenvalue weighted by molar-refractivity contribution is 5.73. The summed E-state index contributed by atoms with van der Waals surface area (Å²) >= 11 is 0. The molecular formula is C9H13NO2. The Labute approximate surface area is 71.8 Å². The number of aldehydes is 1. The average Bonchev–Trinajstić information content (AvgIpc) is 2.52. The second kappa shape index (κ2) is 3.09. The van der Waals surface area contributed by atoms with Crippen LogP contribution in [-0.2, 0) is 5.41 Å². The zero-order valence-corrected chi connectivity index (χ0v) is 7.63. The summed E-state index contributed by atoms with van der Waals surface area (Å²) in [5.74, 6) is 0.681. The standard InChI is InChI=1S/C9H13NO2/c1-4-9(2,3)8-7(5-11)10-6-12-8/h5-6H,4H2,1-3H3. The van der Waals surface area contributed by atoms with Crippen LogP contribution in [0.3, 0.4) is 0 Å². The third-order valence-electron chi connectivity index (χ3n) is 2.21. The zero-order chi connectivity index (χ0) is 9.19. The quantitative estimate of drug-likeness (QED) is 0.648. The first-order chi connectivity index (χ1) is 5.61. The molecule has 0 aliphatic heterocycles. The molecule has 1 rings (SSSR count). The van der Waals surface area contributed by atoms with Gasteiger partial charge in [0.25, 0.3) is 0 Å². The van der Waals surface area contributed by atoms with Crippen LogP contribution >= 0.6 is 0 Å². The third kappa shape index (κ3) is 1.40. The molecule has 0 radical (unpaired) electrons. The van der Waals surface area contributed by atoms with Crippen LogP contribution in [0.4, 0.5) is 0 Å². The Bertz CT molecular complexity index is 276. The van der Waals surface area contributed by atoms with E-state index in [-0.39, 0.29) is 5.41 Å². The van der Waals surface area contributed by atoms with Gasteiger partial charge in [0.15, 0.2) is 12.7 Å². The van der Waals surface area contributed by atoms with Crippen LogP contribution in [0.25, 0.3) is 0 Å². The minimum atomic E-state index is -0.104. The fourth-order valence-corrected chi connectivity index (χ4v) is 1.01. The molecular weight excluding hydrogens is 154 g/mol. The Morgan fingerprint density at radius 2 is 2.33 bits per heavy atom. The summed E-state index contributed by atoms with van der Waals surface area (Å²) < 4.78 is 5.17. The molecule has 0 fully saturated rings. The molecule has 0 spiro atoms. The normalized spacial score (nSPS) is 11.6. The van der Waals surface area contributed by atoms with Gasteiger partial charge in [-0.2, -0.15) is 0 Å². The van der Waals surface area contributed by atoms with Gasteiger partial charge in [-0.1, -0.05) is 20.8 Å². The molecule has 0 unspecified atom stereocenters. The van der Waals surface area contributed by atoms with Crippen molar-refractivity contribution >= 4 is 6.29 Å². The predicted octanol–water partition coefficient (Wildman–Crippen LogP) is 2.17. The number of carbonyl (C=O) groups excluding carboxylic acids is 1. The van der Waals surface area contributed by atoms with Crippen LogP contribution in [0, 0.1) is 0 Å². The van der Waals surface area contributed by atoms with E-state index in [1.165, 1.54) is 6.39 Å². The summed E-state index contributed by atoms with van der Waals surface area (Å²) in [7, 11) is 0. The number of carbonyl (C=O) groups is 1. The van der Waals surface area contributed by atoms with E-state index < -0.39 is 0 Å². The summed E-state index contributed by atoms with van der Waals surface area (Å²) in [4.78, 5) is 14.3. The van der Waals surface area contributed by atoms with E-state index in [9.17, 15) is 4.79 Å². The number of hydrogen-bond acceptors (Lipinski definition) is 3. The minimum Gasteiger partial charge on any atom is -0.447 e. The highest BCUT2D eigenvalue weighted by Crippen LogP contribution is 2.28. The molecule has 0 bridgehead atoms. The summed E-state index contributed by atoms with van der Waals surface area (Å²) in [6, 6.07) is 0. The Kier molecular flexibility index (Phi) is 2.31. The molecule has 1 aromatic heterocycles. The highest BCUT2D eigenvalue weighted by Gasteiger charge is 2.25. The van der Waals surface area contributed by atoms with Crippen LogP contribution in [0.5, 0.6) is 0 Å². The maximum atomic E-state index is 10.5. The lowest BCUT2D eigenvalue weighted by Gasteiger charge is -2.19. The molecule has 0 aromatic carbocycles. The van der Waals surface area contributed by atoms with Gasteiger partial charge in [-0.25, -0.2) is 4.98 Å². The Morgan fingerprint density at radius 1 is 1.67 bits per heavy atom. The number of hydrogen-bond donors (Lipinski definition) is 0. The Morgan fingerprint density at radius 3 is 2.83 bits per heavy atom. The smallest absolute Gasteiger partial charge is 0.181 e. The maximum Gasteiger partial charge on any atom is 0.181 e. The van der Waals surface area contributed by atoms with E-state index >= 15 is 0 Å². The second-order valence-electron chi connectivity index (χ2n) is 3.42. The first-order valence-corrected chi connectivity index (χ1v) is 4.01. The first-order valence-electron chi connectivity index (χ1n) is 4.01. The van der Waals surface area contributed by atoms with Gasteiger partial charge in [-0.05, 0) is 6.42 Å². The molecule has 1 aromatic rings. The summed E-state index contributed by atoms with van der Waals surface area (Å²) in [5.41, 5.74) is 0.314. The monoisotopic (exact) mass is 167 g/mol. The van der Waals surface area contributed by atoms with Gasteiger partial charge in [0.2, 0.25) is 0 Å². The fraction of sp³-hybridized carbons (Fsp3) is 0.556. The lowest BCUT2D eigenvalue weighted by atomic mass is 9.86. The molecule has 0 saturated carbocycles. The molecule has 1 heterocycles. The van der Waals surface area contributed by atoms with Gasteiger partial charge in [0.05, 0.1) is 0 Å². The highest BCUT2D eigenvalue weighted by atomic mass is 16.3. The molecule has 0 N–H and O–H groups in total.